The zero-order valence-electron chi connectivity index (χ0n) is 7.70. The van der Waals surface area contributed by atoms with Crippen molar-refractivity contribution in [1.82, 2.24) is 9.55 Å². The molecule has 1 heterocycles. The molecule has 0 aliphatic carbocycles. The van der Waals surface area contributed by atoms with Crippen molar-refractivity contribution in [2.24, 2.45) is 0 Å². The minimum atomic E-state index is 0.246. The van der Waals surface area contributed by atoms with Crippen LogP contribution in [0.4, 0.5) is 0 Å². The maximum Gasteiger partial charge on any atom is 0.111 e. The van der Waals surface area contributed by atoms with Crippen LogP contribution in [-0.2, 0) is 6.54 Å². The Balaban J connectivity index is 2.64. The summed E-state index contributed by atoms with van der Waals surface area (Å²) in [5, 5.41) is 8.66. The van der Waals surface area contributed by atoms with Crippen LogP contribution in [-0.4, -0.2) is 21.3 Å². The summed E-state index contributed by atoms with van der Waals surface area (Å²) in [6, 6.07) is 0. The zero-order valence-corrected chi connectivity index (χ0v) is 7.70. The molecule has 1 N–H and O–H groups in total. The van der Waals surface area contributed by atoms with Gasteiger partial charge in [0.1, 0.15) is 5.82 Å². The minimum absolute atomic E-state index is 0.246. The summed E-state index contributed by atoms with van der Waals surface area (Å²) < 4.78 is 2.10. The third kappa shape index (κ3) is 2.08. The number of imidazole rings is 1. The molecule has 0 bridgehead atoms. The van der Waals surface area contributed by atoms with E-state index in [2.05, 4.69) is 23.4 Å². The lowest BCUT2D eigenvalue weighted by Crippen LogP contribution is -2.05. The number of nitrogens with zero attached hydrogens (tertiary/aromatic N) is 2. The quantitative estimate of drug-likeness (QED) is 0.737. The van der Waals surface area contributed by atoms with Gasteiger partial charge < -0.3 is 9.67 Å². The Labute approximate surface area is 73.1 Å². The molecule has 1 aromatic rings. The van der Waals surface area contributed by atoms with Crippen LogP contribution in [0.3, 0.4) is 0 Å². The van der Waals surface area contributed by atoms with Gasteiger partial charge in [-0.3, -0.25) is 0 Å². The maximum absolute atomic E-state index is 8.66. The van der Waals surface area contributed by atoms with Crippen LogP contribution < -0.4 is 0 Å². The molecule has 68 valence electrons. The summed E-state index contributed by atoms with van der Waals surface area (Å²) >= 11 is 0. The molecule has 0 aromatic carbocycles. The van der Waals surface area contributed by atoms with E-state index in [9.17, 15) is 0 Å². The Morgan fingerprint density at radius 2 is 2.33 bits per heavy atom. The fourth-order valence-electron chi connectivity index (χ4n) is 1.25. The van der Waals surface area contributed by atoms with Crippen molar-refractivity contribution in [2.45, 2.75) is 32.7 Å². The van der Waals surface area contributed by atoms with E-state index in [0.717, 1.165) is 18.8 Å². The molecule has 1 aromatic heterocycles. The minimum Gasteiger partial charge on any atom is -0.396 e. The predicted molar refractivity (Wildman–Crippen MR) is 48.0 cm³/mol. The third-order valence-electron chi connectivity index (χ3n) is 1.82. The SMILES string of the molecule is CC(C)c1nccn1CCCO. The summed E-state index contributed by atoms with van der Waals surface area (Å²) in [4.78, 5) is 4.25. The molecule has 1 rings (SSSR count). The molecule has 0 amide bonds. The number of hydrogen-bond acceptors (Lipinski definition) is 2. The van der Waals surface area contributed by atoms with Crippen molar-refractivity contribution in [2.75, 3.05) is 6.61 Å². The van der Waals surface area contributed by atoms with Crippen molar-refractivity contribution < 1.29 is 5.11 Å². The molecule has 0 aliphatic heterocycles. The second-order valence-corrected chi connectivity index (χ2v) is 3.21. The molecule has 0 unspecified atom stereocenters. The number of aliphatic hydroxyl groups is 1. The summed E-state index contributed by atoms with van der Waals surface area (Å²) in [5.74, 6) is 1.56. The van der Waals surface area contributed by atoms with Crippen LogP contribution in [0.15, 0.2) is 12.4 Å². The number of aryl methyl sites for hydroxylation is 1. The summed E-state index contributed by atoms with van der Waals surface area (Å²) in [6.07, 6.45) is 4.58. The molecule has 0 atom stereocenters. The van der Waals surface area contributed by atoms with Gasteiger partial charge in [-0.25, -0.2) is 4.98 Å². The molecule has 0 spiro atoms. The molecule has 0 aliphatic rings. The Morgan fingerprint density at radius 1 is 1.58 bits per heavy atom. The Kier molecular flexibility index (Phi) is 3.29. The van der Waals surface area contributed by atoms with Gasteiger partial charge in [0.15, 0.2) is 0 Å². The normalized spacial score (nSPS) is 11.0. The van der Waals surface area contributed by atoms with E-state index in [1.54, 1.807) is 0 Å². The van der Waals surface area contributed by atoms with Crippen LogP contribution in [0.2, 0.25) is 0 Å². The average molecular weight is 168 g/mol. The van der Waals surface area contributed by atoms with Crippen molar-refractivity contribution in [3.05, 3.63) is 18.2 Å². The fourth-order valence-corrected chi connectivity index (χ4v) is 1.25. The highest BCUT2D eigenvalue weighted by molar-refractivity contribution is 4.97. The van der Waals surface area contributed by atoms with Gasteiger partial charge in [-0.15, -0.1) is 0 Å². The van der Waals surface area contributed by atoms with Crippen molar-refractivity contribution in [3.63, 3.8) is 0 Å². The largest absolute Gasteiger partial charge is 0.396 e. The Morgan fingerprint density at radius 3 is 2.92 bits per heavy atom. The topological polar surface area (TPSA) is 38.0 Å². The van der Waals surface area contributed by atoms with Crippen LogP contribution in [0.5, 0.6) is 0 Å². The zero-order chi connectivity index (χ0) is 8.97. The predicted octanol–water partition coefficient (Wildman–Crippen LogP) is 1.39. The van der Waals surface area contributed by atoms with E-state index in [0.29, 0.717) is 5.92 Å². The monoisotopic (exact) mass is 168 g/mol. The lowest BCUT2D eigenvalue weighted by Gasteiger charge is -2.08. The molecule has 0 fully saturated rings. The van der Waals surface area contributed by atoms with Gasteiger partial charge in [0.25, 0.3) is 0 Å². The first-order valence-electron chi connectivity index (χ1n) is 4.37. The molecule has 0 radical (unpaired) electrons. The average Bonchev–Trinajstić information content (AvgIpc) is 2.48. The van der Waals surface area contributed by atoms with Gasteiger partial charge in [0.05, 0.1) is 0 Å². The summed E-state index contributed by atoms with van der Waals surface area (Å²) in [6.45, 7) is 5.36. The second-order valence-electron chi connectivity index (χ2n) is 3.21. The van der Waals surface area contributed by atoms with Crippen molar-refractivity contribution in [3.8, 4) is 0 Å². The number of rotatable bonds is 4. The van der Waals surface area contributed by atoms with Gasteiger partial charge in [-0.1, -0.05) is 13.8 Å². The Bertz CT molecular complexity index is 230. The van der Waals surface area contributed by atoms with Gasteiger partial charge in [0.2, 0.25) is 0 Å². The van der Waals surface area contributed by atoms with Crippen LogP contribution >= 0.6 is 0 Å². The van der Waals surface area contributed by atoms with Crippen LogP contribution in [0, 0.1) is 0 Å². The maximum atomic E-state index is 8.66. The van der Waals surface area contributed by atoms with E-state index in [1.807, 2.05) is 12.4 Å². The lowest BCUT2D eigenvalue weighted by molar-refractivity contribution is 0.278. The molecule has 3 heteroatoms. The van der Waals surface area contributed by atoms with Gasteiger partial charge >= 0.3 is 0 Å². The summed E-state index contributed by atoms with van der Waals surface area (Å²) in [7, 11) is 0. The highest BCUT2D eigenvalue weighted by Crippen LogP contribution is 2.11. The molecular weight excluding hydrogens is 152 g/mol. The van der Waals surface area contributed by atoms with Crippen LogP contribution in [0.1, 0.15) is 32.0 Å². The first-order valence-corrected chi connectivity index (χ1v) is 4.37. The van der Waals surface area contributed by atoms with E-state index in [1.165, 1.54) is 0 Å². The van der Waals surface area contributed by atoms with E-state index < -0.39 is 0 Å². The smallest absolute Gasteiger partial charge is 0.111 e. The Hall–Kier alpha value is -0.830. The molecule has 0 saturated carbocycles. The number of aliphatic hydroxyl groups excluding tert-OH is 1. The second kappa shape index (κ2) is 4.26. The summed E-state index contributed by atoms with van der Waals surface area (Å²) in [5.41, 5.74) is 0. The number of hydrogen-bond donors (Lipinski definition) is 1. The standard InChI is InChI=1S/C9H16N2O/c1-8(2)9-10-4-6-11(9)5-3-7-12/h4,6,8,12H,3,5,7H2,1-2H3. The molecular formula is C9H16N2O. The van der Waals surface area contributed by atoms with Crippen molar-refractivity contribution >= 4 is 0 Å². The lowest BCUT2D eigenvalue weighted by atomic mass is 10.2. The number of aromatic nitrogens is 2. The fraction of sp³-hybridized carbons (Fsp3) is 0.667. The van der Waals surface area contributed by atoms with Crippen molar-refractivity contribution in [1.29, 1.82) is 0 Å². The van der Waals surface area contributed by atoms with Gasteiger partial charge in [0, 0.05) is 31.5 Å². The molecule has 0 saturated heterocycles. The van der Waals surface area contributed by atoms with E-state index in [4.69, 9.17) is 5.11 Å². The van der Waals surface area contributed by atoms with E-state index >= 15 is 0 Å². The van der Waals surface area contributed by atoms with E-state index in [-0.39, 0.29) is 6.61 Å². The molecule has 12 heavy (non-hydrogen) atoms. The van der Waals surface area contributed by atoms with Gasteiger partial charge in [-0.2, -0.15) is 0 Å². The van der Waals surface area contributed by atoms with Gasteiger partial charge in [-0.05, 0) is 6.42 Å². The third-order valence-corrected chi connectivity index (χ3v) is 1.82. The first-order chi connectivity index (χ1) is 5.75. The highest BCUT2D eigenvalue weighted by Gasteiger charge is 2.05. The van der Waals surface area contributed by atoms with Crippen LogP contribution in [0.25, 0.3) is 0 Å². The highest BCUT2D eigenvalue weighted by atomic mass is 16.3. The first kappa shape index (κ1) is 9.26. The molecule has 3 nitrogen and oxygen atoms in total.